The predicted molar refractivity (Wildman–Crippen MR) is 76.0 cm³/mol. The van der Waals surface area contributed by atoms with Gasteiger partial charge in [0.25, 0.3) is 0 Å². The lowest BCUT2D eigenvalue weighted by atomic mass is 10.4. The molecule has 112 valence electrons. The van der Waals surface area contributed by atoms with Gasteiger partial charge < -0.3 is 10.4 Å². The van der Waals surface area contributed by atoms with Crippen LogP contribution in [0.4, 0.5) is 0 Å². The summed E-state index contributed by atoms with van der Waals surface area (Å²) in [4.78, 5) is 11.3. The van der Waals surface area contributed by atoms with E-state index in [2.05, 4.69) is 10.0 Å². The summed E-state index contributed by atoms with van der Waals surface area (Å²) in [7, 11) is -3.71. The number of carbonyl (C=O) groups excluding carboxylic acids is 1. The molecule has 6 nitrogen and oxygen atoms in total. The van der Waals surface area contributed by atoms with Crippen molar-refractivity contribution in [1.82, 2.24) is 10.0 Å². The monoisotopic (exact) mass is 320 g/mol. The quantitative estimate of drug-likeness (QED) is 0.608. The van der Waals surface area contributed by atoms with E-state index in [1.807, 2.05) is 0 Å². The fraction of sp³-hybridized carbons (Fsp3) is 0.417. The van der Waals surface area contributed by atoms with E-state index in [1.165, 1.54) is 12.1 Å². The van der Waals surface area contributed by atoms with Crippen LogP contribution in [0.3, 0.4) is 0 Å². The largest absolute Gasteiger partial charge is 0.396 e. The molecule has 1 amide bonds. The first-order chi connectivity index (χ1) is 9.47. The summed E-state index contributed by atoms with van der Waals surface area (Å²) in [6.45, 7) is 0.352. The first-order valence-electron chi connectivity index (χ1n) is 6.09. The normalized spacial score (nSPS) is 11.3. The van der Waals surface area contributed by atoms with Gasteiger partial charge >= 0.3 is 0 Å². The molecule has 1 aromatic rings. The van der Waals surface area contributed by atoms with Crippen LogP contribution in [0.5, 0.6) is 0 Å². The van der Waals surface area contributed by atoms with Gasteiger partial charge in [-0.25, -0.2) is 13.1 Å². The van der Waals surface area contributed by atoms with Crippen LogP contribution in [-0.2, 0) is 14.8 Å². The maximum Gasteiger partial charge on any atom is 0.242 e. The number of amides is 1. The average molecular weight is 321 g/mol. The highest BCUT2D eigenvalue weighted by atomic mass is 35.5. The first-order valence-corrected chi connectivity index (χ1v) is 7.95. The van der Waals surface area contributed by atoms with Crippen molar-refractivity contribution in [1.29, 1.82) is 0 Å². The van der Waals surface area contributed by atoms with Gasteiger partial charge in [0.2, 0.25) is 15.9 Å². The van der Waals surface area contributed by atoms with Gasteiger partial charge in [0, 0.05) is 26.1 Å². The van der Waals surface area contributed by atoms with Gasteiger partial charge in [-0.3, -0.25) is 4.79 Å². The van der Waals surface area contributed by atoms with Crippen molar-refractivity contribution in [2.24, 2.45) is 0 Å². The minimum Gasteiger partial charge on any atom is -0.396 e. The standard InChI is InChI=1S/C12H17ClN2O4S/c13-10-4-1-2-5-11(10)20(18,19)15-8-6-12(17)14-7-3-9-16/h1-2,4-5,15-16H,3,6-9H2,(H,14,17). The van der Waals surface area contributed by atoms with Crippen molar-refractivity contribution in [3.05, 3.63) is 29.3 Å². The number of rotatable bonds is 8. The summed E-state index contributed by atoms with van der Waals surface area (Å²) in [6, 6.07) is 6.09. The molecule has 0 saturated heterocycles. The molecule has 0 radical (unpaired) electrons. The fourth-order valence-electron chi connectivity index (χ4n) is 1.43. The maximum atomic E-state index is 11.9. The van der Waals surface area contributed by atoms with Crippen molar-refractivity contribution >= 4 is 27.5 Å². The summed E-state index contributed by atoms with van der Waals surface area (Å²) in [5.41, 5.74) is 0. The van der Waals surface area contributed by atoms with E-state index in [0.29, 0.717) is 13.0 Å². The molecule has 3 N–H and O–H groups in total. The summed E-state index contributed by atoms with van der Waals surface area (Å²) < 4.78 is 26.2. The van der Waals surface area contributed by atoms with E-state index in [4.69, 9.17) is 16.7 Å². The number of aliphatic hydroxyl groups excluding tert-OH is 1. The Bertz CT molecular complexity index is 548. The number of benzene rings is 1. The highest BCUT2D eigenvalue weighted by Gasteiger charge is 2.16. The van der Waals surface area contributed by atoms with Crippen LogP contribution < -0.4 is 10.0 Å². The topological polar surface area (TPSA) is 95.5 Å². The van der Waals surface area contributed by atoms with Crippen molar-refractivity contribution < 1.29 is 18.3 Å². The zero-order valence-electron chi connectivity index (χ0n) is 10.8. The summed E-state index contributed by atoms with van der Waals surface area (Å²) >= 11 is 5.81. The van der Waals surface area contributed by atoms with E-state index < -0.39 is 10.0 Å². The molecule has 0 unspecified atom stereocenters. The summed E-state index contributed by atoms with van der Waals surface area (Å²) in [5, 5.41) is 11.3. The number of nitrogens with one attached hydrogen (secondary N) is 2. The molecule has 1 rings (SSSR count). The SMILES string of the molecule is O=C(CCNS(=O)(=O)c1ccccc1Cl)NCCCO. The Balaban J connectivity index is 2.45. The van der Waals surface area contributed by atoms with Gasteiger partial charge in [-0.1, -0.05) is 23.7 Å². The molecular weight excluding hydrogens is 304 g/mol. The van der Waals surface area contributed by atoms with Crippen LogP contribution in [-0.4, -0.2) is 39.1 Å². The highest BCUT2D eigenvalue weighted by Crippen LogP contribution is 2.19. The van der Waals surface area contributed by atoms with Crippen LogP contribution in [0.15, 0.2) is 29.2 Å². The van der Waals surface area contributed by atoms with Gasteiger partial charge in [-0.2, -0.15) is 0 Å². The highest BCUT2D eigenvalue weighted by molar-refractivity contribution is 7.89. The molecule has 8 heteroatoms. The number of aliphatic hydroxyl groups is 1. The van der Waals surface area contributed by atoms with Crippen molar-refractivity contribution in [2.45, 2.75) is 17.7 Å². The Morgan fingerprint density at radius 3 is 2.60 bits per heavy atom. The molecule has 0 bridgehead atoms. The average Bonchev–Trinajstić information content (AvgIpc) is 2.39. The molecular formula is C12H17ClN2O4S. The maximum absolute atomic E-state index is 11.9. The third kappa shape index (κ3) is 5.46. The lowest BCUT2D eigenvalue weighted by molar-refractivity contribution is -0.120. The van der Waals surface area contributed by atoms with Crippen LogP contribution in [0.25, 0.3) is 0 Å². The van der Waals surface area contributed by atoms with E-state index in [1.54, 1.807) is 12.1 Å². The molecule has 0 saturated carbocycles. The lowest BCUT2D eigenvalue weighted by Crippen LogP contribution is -2.31. The fourth-order valence-corrected chi connectivity index (χ4v) is 2.98. The summed E-state index contributed by atoms with van der Waals surface area (Å²) in [6.07, 6.45) is 0.492. The molecule has 0 aromatic heterocycles. The molecule has 20 heavy (non-hydrogen) atoms. The summed E-state index contributed by atoms with van der Waals surface area (Å²) in [5.74, 6) is -0.277. The smallest absolute Gasteiger partial charge is 0.242 e. The molecule has 0 aliphatic rings. The number of halogens is 1. The molecule has 0 atom stereocenters. The minimum absolute atomic E-state index is 0.000580. The zero-order chi connectivity index (χ0) is 15.0. The number of sulfonamides is 1. The molecule has 0 aliphatic heterocycles. The zero-order valence-corrected chi connectivity index (χ0v) is 12.4. The van der Waals surface area contributed by atoms with Crippen LogP contribution in [0, 0.1) is 0 Å². The van der Waals surface area contributed by atoms with E-state index in [0.717, 1.165) is 0 Å². The Labute approximate surface area is 123 Å². The van der Waals surface area contributed by atoms with Gasteiger partial charge in [-0.05, 0) is 18.6 Å². The Kier molecular flexibility index (Phi) is 6.94. The van der Waals surface area contributed by atoms with Gasteiger partial charge in [0.05, 0.1) is 5.02 Å². The van der Waals surface area contributed by atoms with E-state index >= 15 is 0 Å². The van der Waals surface area contributed by atoms with Gasteiger partial charge in [-0.15, -0.1) is 0 Å². The minimum atomic E-state index is -3.71. The third-order valence-electron chi connectivity index (χ3n) is 2.43. The van der Waals surface area contributed by atoms with Gasteiger partial charge in [0.1, 0.15) is 4.90 Å². The lowest BCUT2D eigenvalue weighted by Gasteiger charge is -2.08. The Morgan fingerprint density at radius 1 is 1.25 bits per heavy atom. The van der Waals surface area contributed by atoms with Crippen LogP contribution in [0.1, 0.15) is 12.8 Å². The number of hydrogen-bond donors (Lipinski definition) is 3. The van der Waals surface area contributed by atoms with Crippen LogP contribution >= 0.6 is 11.6 Å². The second-order valence-electron chi connectivity index (χ2n) is 4.01. The third-order valence-corrected chi connectivity index (χ3v) is 4.39. The number of carbonyl (C=O) groups is 1. The second-order valence-corrected chi connectivity index (χ2v) is 6.15. The molecule has 0 aliphatic carbocycles. The molecule has 0 heterocycles. The Hall–Kier alpha value is -1.15. The van der Waals surface area contributed by atoms with Crippen LogP contribution in [0.2, 0.25) is 5.02 Å². The van der Waals surface area contributed by atoms with Crippen molar-refractivity contribution in [3.8, 4) is 0 Å². The van der Waals surface area contributed by atoms with Gasteiger partial charge in [0.15, 0.2) is 0 Å². The van der Waals surface area contributed by atoms with Crippen molar-refractivity contribution in [3.63, 3.8) is 0 Å². The molecule has 0 spiro atoms. The number of hydrogen-bond acceptors (Lipinski definition) is 4. The Morgan fingerprint density at radius 2 is 1.95 bits per heavy atom. The first kappa shape index (κ1) is 16.9. The molecule has 1 aromatic carbocycles. The second kappa shape index (κ2) is 8.21. The molecule has 0 fully saturated rings. The predicted octanol–water partition coefficient (Wildman–Crippen LogP) is 0.507. The van der Waals surface area contributed by atoms with Crippen molar-refractivity contribution in [2.75, 3.05) is 19.7 Å². The van der Waals surface area contributed by atoms with E-state index in [-0.39, 0.29) is 35.4 Å². The van der Waals surface area contributed by atoms with E-state index in [9.17, 15) is 13.2 Å².